The normalized spacial score (nSPS) is 11.6. The first-order valence-corrected chi connectivity index (χ1v) is 10.7. The first kappa shape index (κ1) is 20.9. The molecule has 4 rings (SSSR count). The number of nitrogens with zero attached hydrogens (tertiary/aromatic N) is 2. The fourth-order valence-corrected chi connectivity index (χ4v) is 3.78. The quantitative estimate of drug-likeness (QED) is 0.463. The standard InChI is InChI=1S/C27H29N3O/c1-19-8-7-9-21(16-19)26(31)28-17-25-29-23-10-5-6-11-24(23)30(25)18-20-12-14-22(15-13-20)27(2,3)4/h5-16H,17-18H2,1-4H3,(H,28,31). The molecule has 1 aromatic heterocycles. The van der Waals surface area contributed by atoms with Crippen LogP contribution in [0.1, 0.15) is 53.6 Å². The lowest BCUT2D eigenvalue weighted by Crippen LogP contribution is -2.25. The molecule has 4 heteroatoms. The van der Waals surface area contributed by atoms with Crippen LogP contribution in [0.4, 0.5) is 0 Å². The number of para-hydroxylation sites is 2. The zero-order valence-corrected chi connectivity index (χ0v) is 18.6. The second-order valence-corrected chi connectivity index (χ2v) is 9.10. The van der Waals surface area contributed by atoms with Gasteiger partial charge in [0.15, 0.2) is 0 Å². The molecule has 0 unspecified atom stereocenters. The van der Waals surface area contributed by atoms with Crippen molar-refractivity contribution in [1.29, 1.82) is 0 Å². The maximum absolute atomic E-state index is 12.6. The summed E-state index contributed by atoms with van der Waals surface area (Å²) in [5.41, 5.74) is 6.40. The summed E-state index contributed by atoms with van der Waals surface area (Å²) in [7, 11) is 0. The summed E-state index contributed by atoms with van der Waals surface area (Å²) in [6, 6.07) is 24.5. The molecule has 0 fully saturated rings. The van der Waals surface area contributed by atoms with Gasteiger partial charge in [-0.25, -0.2) is 4.98 Å². The summed E-state index contributed by atoms with van der Waals surface area (Å²) >= 11 is 0. The largest absolute Gasteiger partial charge is 0.345 e. The average Bonchev–Trinajstić information content (AvgIpc) is 3.09. The van der Waals surface area contributed by atoms with Gasteiger partial charge in [0.1, 0.15) is 5.82 Å². The zero-order valence-electron chi connectivity index (χ0n) is 18.6. The minimum Gasteiger partial charge on any atom is -0.345 e. The van der Waals surface area contributed by atoms with Crippen LogP contribution in [0.5, 0.6) is 0 Å². The van der Waals surface area contributed by atoms with E-state index < -0.39 is 0 Å². The first-order valence-electron chi connectivity index (χ1n) is 10.7. The first-order chi connectivity index (χ1) is 14.8. The van der Waals surface area contributed by atoms with E-state index in [0.29, 0.717) is 18.7 Å². The minimum absolute atomic E-state index is 0.0863. The Morgan fingerprint density at radius 1 is 0.968 bits per heavy atom. The monoisotopic (exact) mass is 411 g/mol. The highest BCUT2D eigenvalue weighted by atomic mass is 16.1. The van der Waals surface area contributed by atoms with Gasteiger partial charge in [0.05, 0.1) is 17.6 Å². The van der Waals surface area contributed by atoms with Gasteiger partial charge < -0.3 is 9.88 Å². The molecule has 4 aromatic rings. The van der Waals surface area contributed by atoms with Crippen LogP contribution in [0, 0.1) is 6.92 Å². The van der Waals surface area contributed by atoms with Crippen molar-refractivity contribution >= 4 is 16.9 Å². The molecule has 0 aliphatic carbocycles. The second kappa shape index (κ2) is 8.38. The maximum Gasteiger partial charge on any atom is 0.251 e. The third-order valence-electron chi connectivity index (χ3n) is 5.58. The summed E-state index contributed by atoms with van der Waals surface area (Å²) in [6.07, 6.45) is 0. The fraction of sp³-hybridized carbons (Fsp3) is 0.259. The Bertz CT molecular complexity index is 1210. The van der Waals surface area contributed by atoms with Gasteiger partial charge in [0, 0.05) is 12.1 Å². The van der Waals surface area contributed by atoms with Crippen LogP contribution in [-0.4, -0.2) is 15.5 Å². The molecule has 0 saturated carbocycles. The SMILES string of the molecule is Cc1cccc(C(=O)NCc2nc3ccccc3n2Cc2ccc(C(C)(C)C)cc2)c1. The van der Waals surface area contributed by atoms with E-state index in [-0.39, 0.29) is 11.3 Å². The Morgan fingerprint density at radius 2 is 1.71 bits per heavy atom. The van der Waals surface area contributed by atoms with Crippen LogP contribution in [0.25, 0.3) is 11.0 Å². The molecule has 4 nitrogen and oxygen atoms in total. The Hall–Kier alpha value is -3.40. The molecule has 3 aromatic carbocycles. The van der Waals surface area contributed by atoms with Crippen LogP contribution >= 0.6 is 0 Å². The summed E-state index contributed by atoms with van der Waals surface area (Å²) < 4.78 is 2.19. The third kappa shape index (κ3) is 4.69. The minimum atomic E-state index is -0.0863. The van der Waals surface area contributed by atoms with Crippen molar-refractivity contribution in [2.75, 3.05) is 0 Å². The predicted octanol–water partition coefficient (Wildman–Crippen LogP) is 5.62. The molecular formula is C27H29N3O. The van der Waals surface area contributed by atoms with Gasteiger partial charge in [-0.05, 0) is 47.7 Å². The summed E-state index contributed by atoms with van der Waals surface area (Å²) in [4.78, 5) is 17.4. The molecule has 1 amide bonds. The van der Waals surface area contributed by atoms with Crippen molar-refractivity contribution in [1.82, 2.24) is 14.9 Å². The molecule has 31 heavy (non-hydrogen) atoms. The lowest BCUT2D eigenvalue weighted by atomic mass is 9.87. The number of aryl methyl sites for hydroxylation is 1. The molecule has 0 atom stereocenters. The fourth-order valence-electron chi connectivity index (χ4n) is 3.78. The predicted molar refractivity (Wildman–Crippen MR) is 126 cm³/mol. The van der Waals surface area contributed by atoms with Gasteiger partial charge in [0.2, 0.25) is 0 Å². The number of hydrogen-bond donors (Lipinski definition) is 1. The van der Waals surface area contributed by atoms with E-state index in [2.05, 4.69) is 61.0 Å². The van der Waals surface area contributed by atoms with E-state index in [4.69, 9.17) is 4.98 Å². The highest BCUT2D eigenvalue weighted by molar-refractivity contribution is 5.94. The molecule has 0 bridgehead atoms. The smallest absolute Gasteiger partial charge is 0.251 e. The zero-order chi connectivity index (χ0) is 22.0. The van der Waals surface area contributed by atoms with E-state index in [1.165, 1.54) is 11.1 Å². The molecule has 1 N–H and O–H groups in total. The molecule has 0 radical (unpaired) electrons. The summed E-state index contributed by atoms with van der Waals surface area (Å²) in [5, 5.41) is 3.04. The molecule has 0 spiro atoms. The molecule has 1 heterocycles. The van der Waals surface area contributed by atoms with Gasteiger partial charge in [-0.3, -0.25) is 4.79 Å². The lowest BCUT2D eigenvalue weighted by Gasteiger charge is -2.19. The van der Waals surface area contributed by atoms with Crippen LogP contribution in [-0.2, 0) is 18.5 Å². The van der Waals surface area contributed by atoms with E-state index >= 15 is 0 Å². The number of nitrogens with one attached hydrogen (secondary N) is 1. The van der Waals surface area contributed by atoms with E-state index in [0.717, 1.165) is 22.4 Å². The summed E-state index contributed by atoms with van der Waals surface area (Å²) in [5.74, 6) is 0.763. The van der Waals surface area contributed by atoms with Crippen molar-refractivity contribution in [2.24, 2.45) is 0 Å². The van der Waals surface area contributed by atoms with Crippen LogP contribution in [0.3, 0.4) is 0 Å². The second-order valence-electron chi connectivity index (χ2n) is 9.10. The van der Waals surface area contributed by atoms with Crippen molar-refractivity contribution in [3.8, 4) is 0 Å². The van der Waals surface area contributed by atoms with Gasteiger partial charge >= 0.3 is 0 Å². The van der Waals surface area contributed by atoms with Crippen LogP contribution in [0.2, 0.25) is 0 Å². The molecule has 158 valence electrons. The number of hydrogen-bond acceptors (Lipinski definition) is 2. The number of imidazole rings is 1. The topological polar surface area (TPSA) is 46.9 Å². The number of rotatable bonds is 5. The van der Waals surface area contributed by atoms with Gasteiger partial charge in [-0.2, -0.15) is 0 Å². The van der Waals surface area contributed by atoms with E-state index in [9.17, 15) is 4.79 Å². The molecule has 0 saturated heterocycles. The van der Waals surface area contributed by atoms with Crippen molar-refractivity contribution in [3.63, 3.8) is 0 Å². The van der Waals surface area contributed by atoms with Crippen molar-refractivity contribution < 1.29 is 4.79 Å². The van der Waals surface area contributed by atoms with Crippen molar-refractivity contribution in [3.05, 3.63) is 101 Å². The lowest BCUT2D eigenvalue weighted by molar-refractivity contribution is 0.0949. The average molecular weight is 412 g/mol. The van der Waals surface area contributed by atoms with Gasteiger partial charge in [0.25, 0.3) is 5.91 Å². The van der Waals surface area contributed by atoms with Gasteiger partial charge in [-0.1, -0.05) is 74.9 Å². The van der Waals surface area contributed by atoms with Crippen LogP contribution in [0.15, 0.2) is 72.8 Å². The number of carbonyl (C=O) groups is 1. The van der Waals surface area contributed by atoms with Gasteiger partial charge in [-0.15, -0.1) is 0 Å². The highest BCUT2D eigenvalue weighted by Gasteiger charge is 2.15. The molecular weight excluding hydrogens is 382 g/mol. The molecule has 0 aliphatic heterocycles. The Morgan fingerprint density at radius 3 is 2.42 bits per heavy atom. The number of benzene rings is 3. The van der Waals surface area contributed by atoms with Crippen molar-refractivity contribution in [2.45, 2.75) is 46.2 Å². The third-order valence-corrected chi connectivity index (χ3v) is 5.58. The Labute approximate surface area is 183 Å². The number of fused-ring (bicyclic) bond motifs is 1. The number of aromatic nitrogens is 2. The maximum atomic E-state index is 12.6. The summed E-state index contributed by atoms with van der Waals surface area (Å²) in [6.45, 7) is 9.74. The van der Waals surface area contributed by atoms with E-state index in [1.54, 1.807) is 0 Å². The Kier molecular flexibility index (Phi) is 5.64. The Balaban J connectivity index is 1.59. The van der Waals surface area contributed by atoms with Crippen LogP contribution < -0.4 is 5.32 Å². The number of carbonyl (C=O) groups excluding carboxylic acids is 1. The molecule has 0 aliphatic rings. The highest BCUT2D eigenvalue weighted by Crippen LogP contribution is 2.23. The number of amides is 1. The van der Waals surface area contributed by atoms with E-state index in [1.807, 2.05) is 49.4 Å².